The van der Waals surface area contributed by atoms with Gasteiger partial charge in [0.25, 0.3) is 0 Å². The van der Waals surface area contributed by atoms with Crippen LogP contribution in [-0.2, 0) is 5.41 Å². The first-order valence-electron chi connectivity index (χ1n) is 17.0. The van der Waals surface area contributed by atoms with Gasteiger partial charge >= 0.3 is 0 Å². The molecule has 1 heterocycles. The van der Waals surface area contributed by atoms with Crippen LogP contribution >= 0.6 is 0 Å². The van der Waals surface area contributed by atoms with Crippen LogP contribution in [0.5, 0.6) is 0 Å². The van der Waals surface area contributed by atoms with E-state index in [2.05, 4.69) is 115 Å². The molecule has 3 aliphatic rings. The molecule has 1 aliphatic heterocycles. The highest BCUT2D eigenvalue weighted by Gasteiger charge is 2.52. The van der Waals surface area contributed by atoms with Gasteiger partial charge in [-0.25, -0.2) is 0 Å². The summed E-state index contributed by atoms with van der Waals surface area (Å²) in [4.78, 5) is 2.42. The van der Waals surface area contributed by atoms with Gasteiger partial charge < -0.3 is 4.90 Å². The molecule has 0 aromatic heterocycles. The lowest BCUT2D eigenvalue weighted by atomic mass is 9.65. The van der Waals surface area contributed by atoms with Crippen molar-refractivity contribution in [2.45, 2.75) is 90.4 Å². The maximum absolute atomic E-state index is 2.72. The molecule has 3 aromatic carbocycles. The fraction of sp³-hybridized carbons (Fsp3) is 0.475. The molecule has 220 valence electrons. The van der Waals surface area contributed by atoms with Crippen LogP contribution in [0.15, 0.2) is 78.9 Å². The third-order valence-electron chi connectivity index (χ3n) is 10.7. The second kappa shape index (κ2) is 13.0. The summed E-state index contributed by atoms with van der Waals surface area (Å²) in [5.41, 5.74) is 7.00. The largest absolute Gasteiger partial charge is 0.372 e. The molecule has 0 bridgehead atoms. The Morgan fingerprint density at radius 1 is 0.857 bits per heavy atom. The fourth-order valence-electron chi connectivity index (χ4n) is 8.30. The molecule has 1 saturated carbocycles. The summed E-state index contributed by atoms with van der Waals surface area (Å²) in [6.07, 6.45) is 23.4. The minimum absolute atomic E-state index is 0.0593. The van der Waals surface area contributed by atoms with Crippen LogP contribution in [0.1, 0.15) is 96.1 Å². The summed E-state index contributed by atoms with van der Waals surface area (Å²) in [6.45, 7) is 10.2. The van der Waals surface area contributed by atoms with E-state index in [0.29, 0.717) is 5.92 Å². The Balaban J connectivity index is 1.41. The van der Waals surface area contributed by atoms with Gasteiger partial charge in [-0.15, -0.1) is 0 Å². The number of rotatable bonds is 11. The van der Waals surface area contributed by atoms with Gasteiger partial charge in [-0.1, -0.05) is 80.7 Å². The molecule has 0 N–H and O–H groups in total. The van der Waals surface area contributed by atoms with Gasteiger partial charge in [0.15, 0.2) is 5.71 Å². The van der Waals surface area contributed by atoms with Gasteiger partial charge in [-0.05, 0) is 98.9 Å². The predicted molar refractivity (Wildman–Crippen MR) is 182 cm³/mol. The number of fused-ring (bicyclic) bond motifs is 3. The molecule has 2 heteroatoms. The maximum atomic E-state index is 2.72. The lowest BCUT2D eigenvalue weighted by Gasteiger charge is -2.33. The van der Waals surface area contributed by atoms with E-state index in [1.54, 1.807) is 5.56 Å². The zero-order chi connectivity index (χ0) is 28.9. The number of hydrogen-bond donors (Lipinski definition) is 0. The summed E-state index contributed by atoms with van der Waals surface area (Å²) in [6, 6.07) is 23.0. The first kappa shape index (κ1) is 29.0. The van der Waals surface area contributed by atoms with Crippen LogP contribution in [0.4, 0.5) is 11.4 Å². The summed E-state index contributed by atoms with van der Waals surface area (Å²) < 4.78 is 2.72. The summed E-state index contributed by atoms with van der Waals surface area (Å²) >= 11 is 0. The molecular formula is C40H51N2+. The monoisotopic (exact) mass is 559 g/mol. The van der Waals surface area contributed by atoms with Crippen LogP contribution < -0.4 is 4.90 Å². The molecule has 6 rings (SSSR count). The quantitative estimate of drug-likeness (QED) is 0.129. The third kappa shape index (κ3) is 5.62. The molecule has 0 radical (unpaired) electrons. The van der Waals surface area contributed by atoms with Crippen molar-refractivity contribution in [1.29, 1.82) is 0 Å². The minimum Gasteiger partial charge on any atom is -0.372 e. The Hall–Kier alpha value is -3.13. The first-order valence-corrected chi connectivity index (χ1v) is 17.0. The number of allylic oxidation sites excluding steroid dienone is 3. The molecule has 0 spiro atoms. The topological polar surface area (TPSA) is 6.25 Å². The average molecular weight is 560 g/mol. The predicted octanol–water partition coefficient (Wildman–Crippen LogP) is 10.5. The molecular weight excluding hydrogens is 508 g/mol. The Bertz CT molecular complexity index is 1450. The van der Waals surface area contributed by atoms with Crippen molar-refractivity contribution in [3.05, 3.63) is 90.0 Å². The summed E-state index contributed by atoms with van der Waals surface area (Å²) in [5.74, 6) is 1.48. The molecule has 2 unspecified atom stereocenters. The minimum atomic E-state index is -0.0593. The van der Waals surface area contributed by atoms with Gasteiger partial charge in [0.05, 0.1) is 5.41 Å². The van der Waals surface area contributed by atoms with E-state index in [9.17, 15) is 0 Å². The molecule has 2 atom stereocenters. The van der Waals surface area contributed by atoms with Crippen molar-refractivity contribution < 1.29 is 4.58 Å². The van der Waals surface area contributed by atoms with Crippen LogP contribution in [0.25, 0.3) is 16.8 Å². The SMILES string of the molecule is CCN(CC)c1ccc(C=CC2=[N+](CCCCC3CCCC3)c3ccc4ccccc4c3C2(C)C2C=CCCC2)cc1. The van der Waals surface area contributed by atoms with Gasteiger partial charge in [-0.2, -0.15) is 4.58 Å². The Labute approximate surface area is 254 Å². The van der Waals surface area contributed by atoms with Gasteiger partial charge in [0.1, 0.15) is 6.54 Å². The molecule has 42 heavy (non-hydrogen) atoms. The zero-order valence-electron chi connectivity index (χ0n) is 26.3. The molecule has 0 saturated heterocycles. The van der Waals surface area contributed by atoms with Crippen molar-refractivity contribution in [2.24, 2.45) is 11.8 Å². The van der Waals surface area contributed by atoms with Crippen LogP contribution in [0.3, 0.4) is 0 Å². The van der Waals surface area contributed by atoms with Crippen LogP contribution in [0.2, 0.25) is 0 Å². The van der Waals surface area contributed by atoms with E-state index in [1.165, 1.54) is 97.6 Å². The molecule has 2 nitrogen and oxygen atoms in total. The zero-order valence-corrected chi connectivity index (χ0v) is 26.3. The Kier molecular flexibility index (Phi) is 8.98. The van der Waals surface area contributed by atoms with E-state index in [4.69, 9.17) is 0 Å². The lowest BCUT2D eigenvalue weighted by Crippen LogP contribution is -2.39. The molecule has 3 aromatic rings. The average Bonchev–Trinajstić information content (AvgIpc) is 3.65. The summed E-state index contributed by atoms with van der Waals surface area (Å²) in [5, 5.41) is 2.79. The third-order valence-corrected chi connectivity index (χ3v) is 10.7. The Morgan fingerprint density at radius 3 is 2.38 bits per heavy atom. The highest BCUT2D eigenvalue weighted by atomic mass is 15.1. The number of benzene rings is 3. The van der Waals surface area contributed by atoms with Gasteiger partial charge in [0.2, 0.25) is 5.69 Å². The van der Waals surface area contributed by atoms with E-state index in [-0.39, 0.29) is 5.41 Å². The van der Waals surface area contributed by atoms with Crippen molar-refractivity contribution >= 4 is 33.9 Å². The van der Waals surface area contributed by atoms with Crippen molar-refractivity contribution in [1.82, 2.24) is 0 Å². The van der Waals surface area contributed by atoms with Crippen LogP contribution in [0, 0.1) is 11.8 Å². The highest BCUT2D eigenvalue weighted by molar-refractivity contribution is 6.10. The lowest BCUT2D eigenvalue weighted by molar-refractivity contribution is -0.438. The van der Waals surface area contributed by atoms with Crippen molar-refractivity contribution in [3.8, 4) is 0 Å². The second-order valence-corrected chi connectivity index (χ2v) is 13.1. The van der Waals surface area contributed by atoms with E-state index in [0.717, 1.165) is 25.6 Å². The van der Waals surface area contributed by atoms with E-state index in [1.807, 2.05) is 0 Å². The first-order chi connectivity index (χ1) is 20.6. The molecule has 1 fully saturated rings. The number of nitrogens with zero attached hydrogens (tertiary/aromatic N) is 2. The fourth-order valence-corrected chi connectivity index (χ4v) is 8.30. The van der Waals surface area contributed by atoms with Gasteiger partial charge in [0, 0.05) is 42.9 Å². The summed E-state index contributed by atoms with van der Waals surface area (Å²) in [7, 11) is 0. The molecule has 0 amide bonds. The van der Waals surface area contributed by atoms with E-state index >= 15 is 0 Å². The Morgan fingerprint density at radius 2 is 1.64 bits per heavy atom. The number of unbranched alkanes of at least 4 members (excludes halogenated alkanes) is 1. The maximum Gasteiger partial charge on any atom is 0.210 e. The van der Waals surface area contributed by atoms with Gasteiger partial charge in [-0.3, -0.25) is 0 Å². The van der Waals surface area contributed by atoms with Crippen molar-refractivity contribution in [3.63, 3.8) is 0 Å². The number of anilines is 1. The second-order valence-electron chi connectivity index (χ2n) is 13.1. The molecule has 2 aliphatic carbocycles. The highest BCUT2D eigenvalue weighted by Crippen LogP contribution is 2.51. The smallest absolute Gasteiger partial charge is 0.210 e. The van der Waals surface area contributed by atoms with Crippen molar-refractivity contribution in [2.75, 3.05) is 24.5 Å². The van der Waals surface area contributed by atoms with Crippen LogP contribution in [-0.4, -0.2) is 29.9 Å². The number of hydrogen-bond acceptors (Lipinski definition) is 1. The standard InChI is InChI=1S/C40H51N2/c1-4-41(5-2)35-26-22-32(23-27-35)24-29-38-40(3,34-19-7-6-8-20-34)39-36-21-12-11-18-33(36)25-28-37(39)42(38)30-14-13-17-31-15-9-10-16-31/h7,11-12,18-19,21-29,31,34H,4-6,8-10,13-17,20,30H2,1-3H3/q+1. The normalized spacial score (nSPS) is 22.5. The van der Waals surface area contributed by atoms with E-state index < -0.39 is 0 Å².